The molecule has 0 radical (unpaired) electrons. The van der Waals surface area contributed by atoms with Crippen LogP contribution in [-0.2, 0) is 14.8 Å². The van der Waals surface area contributed by atoms with Crippen molar-refractivity contribution >= 4 is 69.0 Å². The van der Waals surface area contributed by atoms with Crippen molar-refractivity contribution in [1.29, 1.82) is 0 Å². The number of carbonyl (C=O) groups excluding carboxylic acids is 3. The number of para-hydroxylation sites is 1. The maximum absolute atomic E-state index is 13.7. The predicted molar refractivity (Wildman–Crippen MR) is 152 cm³/mol. The van der Waals surface area contributed by atoms with E-state index in [0.717, 1.165) is 0 Å². The summed E-state index contributed by atoms with van der Waals surface area (Å²) in [7, 11) is -4.42. The molecular weight excluding hydrogens is 587 g/mol. The van der Waals surface area contributed by atoms with Gasteiger partial charge in [-0.25, -0.2) is 8.42 Å². The van der Waals surface area contributed by atoms with Crippen molar-refractivity contribution < 1.29 is 22.8 Å². The predicted octanol–water partition coefficient (Wildman–Crippen LogP) is 3.61. The lowest BCUT2D eigenvalue weighted by atomic mass is 10.2. The van der Waals surface area contributed by atoms with Crippen LogP contribution in [0.4, 0.5) is 5.69 Å². The van der Waals surface area contributed by atoms with E-state index in [0.29, 0.717) is 35.5 Å². The summed E-state index contributed by atoms with van der Waals surface area (Å²) in [6.07, 6.45) is 0. The van der Waals surface area contributed by atoms with Crippen LogP contribution < -0.4 is 14.9 Å². The van der Waals surface area contributed by atoms with E-state index < -0.39 is 21.8 Å². The van der Waals surface area contributed by atoms with Crippen molar-refractivity contribution in [1.82, 2.24) is 15.5 Å². The Morgan fingerprint density at radius 3 is 2.18 bits per heavy atom. The Labute approximate surface area is 242 Å². The van der Waals surface area contributed by atoms with Crippen molar-refractivity contribution in [3.8, 4) is 0 Å². The maximum Gasteiger partial charge on any atom is 0.273 e. The molecule has 3 amide bonds. The van der Waals surface area contributed by atoms with Gasteiger partial charge in [0.05, 0.1) is 27.7 Å². The molecule has 1 fully saturated rings. The van der Waals surface area contributed by atoms with E-state index in [4.69, 9.17) is 23.2 Å². The van der Waals surface area contributed by atoms with Gasteiger partial charge in [0.25, 0.3) is 21.8 Å². The second-order valence-corrected chi connectivity index (χ2v) is 11.0. The van der Waals surface area contributed by atoms with E-state index in [1.165, 1.54) is 54.6 Å². The molecule has 1 heterocycles. The summed E-state index contributed by atoms with van der Waals surface area (Å²) in [5.41, 5.74) is 0.223. The molecular formula is C26H25Cl3N4O5S. The minimum atomic E-state index is -4.42. The SMILES string of the molecule is Cl.O=C(NCC(=O)N1CCNCC1)c1ccc(S(=O)(=O)N(C(=O)c2ccc(Cl)cc2Cl)c2ccccc2)cc1. The number of hydrogen-bond acceptors (Lipinski definition) is 6. The van der Waals surface area contributed by atoms with Crippen LogP contribution in [0, 0.1) is 0 Å². The number of nitrogens with zero attached hydrogens (tertiary/aromatic N) is 2. The number of halogens is 3. The number of amides is 3. The van der Waals surface area contributed by atoms with Crippen LogP contribution in [0.2, 0.25) is 10.0 Å². The molecule has 206 valence electrons. The van der Waals surface area contributed by atoms with Crippen LogP contribution in [0.5, 0.6) is 0 Å². The topological polar surface area (TPSA) is 116 Å². The second-order valence-electron chi connectivity index (χ2n) is 8.37. The van der Waals surface area contributed by atoms with E-state index in [2.05, 4.69) is 10.6 Å². The lowest BCUT2D eigenvalue weighted by Crippen LogP contribution is -2.49. The Balaban J connectivity index is 0.00000420. The summed E-state index contributed by atoms with van der Waals surface area (Å²) in [6.45, 7) is 2.36. The number of nitrogens with one attached hydrogen (secondary N) is 2. The van der Waals surface area contributed by atoms with Crippen molar-refractivity contribution in [3.05, 3.63) is 94.0 Å². The second kappa shape index (κ2) is 13.3. The summed E-state index contributed by atoms with van der Waals surface area (Å²) in [5, 5.41) is 6.01. The molecule has 0 bridgehead atoms. The first-order valence-electron chi connectivity index (χ1n) is 11.6. The number of hydrogen-bond donors (Lipinski definition) is 2. The minimum absolute atomic E-state index is 0. The van der Waals surface area contributed by atoms with E-state index >= 15 is 0 Å². The number of anilines is 1. The molecule has 0 atom stereocenters. The molecule has 0 aliphatic carbocycles. The quantitative estimate of drug-likeness (QED) is 0.422. The van der Waals surface area contributed by atoms with Crippen molar-refractivity contribution in [2.45, 2.75) is 4.90 Å². The zero-order chi connectivity index (χ0) is 27.3. The summed E-state index contributed by atoms with van der Waals surface area (Å²) in [5.74, 6) is -1.59. The molecule has 3 aromatic carbocycles. The lowest BCUT2D eigenvalue weighted by Gasteiger charge is -2.27. The Morgan fingerprint density at radius 2 is 1.56 bits per heavy atom. The molecule has 0 unspecified atom stereocenters. The first-order valence-corrected chi connectivity index (χ1v) is 13.8. The molecule has 39 heavy (non-hydrogen) atoms. The molecule has 9 nitrogen and oxygen atoms in total. The summed E-state index contributed by atoms with van der Waals surface area (Å²) in [4.78, 5) is 39.8. The summed E-state index contributed by atoms with van der Waals surface area (Å²) >= 11 is 12.1. The molecule has 1 aliphatic heterocycles. The Hall–Kier alpha value is -3.15. The standard InChI is InChI=1S/C26H24Cl2N4O5S.ClH/c27-19-8-11-22(23(28)16-19)26(35)32(20-4-2-1-3-5-20)38(36,37)21-9-6-18(7-10-21)25(34)30-17-24(33)31-14-12-29-13-15-31;/h1-11,16,29H,12-15,17H2,(H,30,34);1H. The van der Waals surface area contributed by atoms with E-state index in [9.17, 15) is 22.8 Å². The molecule has 0 saturated carbocycles. The van der Waals surface area contributed by atoms with Gasteiger partial charge in [-0.15, -0.1) is 12.4 Å². The molecule has 4 rings (SSSR count). The highest BCUT2D eigenvalue weighted by Crippen LogP contribution is 2.29. The van der Waals surface area contributed by atoms with Crippen LogP contribution in [0.1, 0.15) is 20.7 Å². The zero-order valence-corrected chi connectivity index (χ0v) is 23.6. The van der Waals surface area contributed by atoms with E-state index in [1.54, 1.807) is 23.1 Å². The van der Waals surface area contributed by atoms with Crippen LogP contribution in [-0.4, -0.2) is 63.8 Å². The molecule has 0 spiro atoms. The van der Waals surface area contributed by atoms with Crippen molar-refractivity contribution in [2.75, 3.05) is 37.0 Å². The first-order chi connectivity index (χ1) is 18.2. The molecule has 0 aromatic heterocycles. The fraction of sp³-hybridized carbons (Fsp3) is 0.192. The molecule has 3 aromatic rings. The van der Waals surface area contributed by atoms with Crippen LogP contribution >= 0.6 is 35.6 Å². The van der Waals surface area contributed by atoms with Gasteiger partial charge in [-0.05, 0) is 54.6 Å². The fourth-order valence-electron chi connectivity index (χ4n) is 3.87. The number of benzene rings is 3. The highest BCUT2D eigenvalue weighted by Gasteiger charge is 2.33. The minimum Gasteiger partial charge on any atom is -0.343 e. The third-order valence-electron chi connectivity index (χ3n) is 5.86. The Kier molecular flexibility index (Phi) is 10.3. The Bertz CT molecular complexity index is 1450. The van der Waals surface area contributed by atoms with Gasteiger partial charge in [-0.1, -0.05) is 41.4 Å². The average molecular weight is 612 g/mol. The van der Waals surface area contributed by atoms with Gasteiger partial charge < -0.3 is 15.5 Å². The van der Waals surface area contributed by atoms with E-state index in [1.807, 2.05) is 0 Å². The fourth-order valence-corrected chi connectivity index (χ4v) is 5.76. The zero-order valence-electron chi connectivity index (χ0n) is 20.5. The molecule has 2 N–H and O–H groups in total. The first kappa shape index (κ1) is 30.4. The number of rotatable bonds is 7. The van der Waals surface area contributed by atoms with Gasteiger partial charge in [-0.2, -0.15) is 4.31 Å². The van der Waals surface area contributed by atoms with Gasteiger partial charge in [0.2, 0.25) is 5.91 Å². The average Bonchev–Trinajstić information content (AvgIpc) is 2.92. The van der Waals surface area contributed by atoms with Gasteiger partial charge in [-0.3, -0.25) is 14.4 Å². The van der Waals surface area contributed by atoms with Gasteiger partial charge in [0.1, 0.15) is 0 Å². The smallest absolute Gasteiger partial charge is 0.273 e. The number of carbonyl (C=O) groups is 3. The van der Waals surface area contributed by atoms with E-state index in [-0.39, 0.29) is 51.6 Å². The summed E-state index contributed by atoms with van der Waals surface area (Å²) < 4.78 is 28.0. The van der Waals surface area contributed by atoms with Gasteiger partial charge in [0.15, 0.2) is 0 Å². The normalized spacial score (nSPS) is 13.2. The lowest BCUT2D eigenvalue weighted by molar-refractivity contribution is -0.130. The van der Waals surface area contributed by atoms with Gasteiger partial charge >= 0.3 is 0 Å². The maximum atomic E-state index is 13.7. The van der Waals surface area contributed by atoms with Crippen molar-refractivity contribution in [2.24, 2.45) is 0 Å². The third-order valence-corrected chi connectivity index (χ3v) is 8.13. The highest BCUT2D eigenvalue weighted by molar-refractivity contribution is 7.93. The summed E-state index contributed by atoms with van der Waals surface area (Å²) in [6, 6.07) is 17.1. The molecule has 1 aliphatic rings. The van der Waals surface area contributed by atoms with Crippen LogP contribution in [0.15, 0.2) is 77.7 Å². The molecule has 13 heteroatoms. The monoisotopic (exact) mass is 610 g/mol. The third kappa shape index (κ3) is 7.09. The van der Waals surface area contributed by atoms with Crippen molar-refractivity contribution in [3.63, 3.8) is 0 Å². The molecule has 1 saturated heterocycles. The van der Waals surface area contributed by atoms with Crippen LogP contribution in [0.25, 0.3) is 0 Å². The number of sulfonamides is 1. The van der Waals surface area contributed by atoms with Gasteiger partial charge in [0, 0.05) is 36.8 Å². The van der Waals surface area contributed by atoms with Crippen LogP contribution in [0.3, 0.4) is 0 Å². The Morgan fingerprint density at radius 1 is 0.923 bits per heavy atom. The number of piperazine rings is 1. The largest absolute Gasteiger partial charge is 0.343 e. The highest BCUT2D eigenvalue weighted by atomic mass is 35.5.